The molecule has 4 amide bonds. The zero-order valence-corrected chi connectivity index (χ0v) is 38.7. The highest BCUT2D eigenvalue weighted by Gasteiger charge is 2.38. The number of hydrogen-bond donors (Lipinski definition) is 7. The van der Waals surface area contributed by atoms with Crippen molar-refractivity contribution < 1.29 is 48.1 Å². The van der Waals surface area contributed by atoms with E-state index in [9.17, 15) is 33.9 Å². The summed E-state index contributed by atoms with van der Waals surface area (Å²) >= 11 is 0. The van der Waals surface area contributed by atoms with Crippen molar-refractivity contribution in [2.24, 2.45) is 0 Å². The fraction of sp³-hybridized carbons (Fsp3) is 0.259. The number of fused-ring (bicyclic) bond motifs is 2. The molecule has 0 saturated carbocycles. The van der Waals surface area contributed by atoms with Gasteiger partial charge in [-0.1, -0.05) is 97.1 Å². The molecular weight excluding hydrogens is 893 g/mol. The third kappa shape index (κ3) is 9.58. The summed E-state index contributed by atoms with van der Waals surface area (Å²) in [5, 5.41) is 25.0. The molecule has 2 aliphatic rings. The van der Waals surface area contributed by atoms with Crippen LogP contribution in [0.25, 0.3) is 32.9 Å². The molecule has 5 aromatic carbocycles. The number of ketones is 1. The number of aromatic amines is 2. The van der Waals surface area contributed by atoms with Gasteiger partial charge in [0.05, 0.1) is 12.6 Å². The number of carbonyl (C=O) groups is 6. The number of hydrogen-bond acceptors (Lipinski definition) is 10. The number of aromatic nitrogens is 2. The van der Waals surface area contributed by atoms with Crippen molar-refractivity contribution in [3.8, 4) is 22.8 Å². The lowest BCUT2D eigenvalue weighted by Gasteiger charge is -2.30. The number of ether oxygens (including phenoxy) is 3. The highest BCUT2D eigenvalue weighted by Crippen LogP contribution is 2.45. The van der Waals surface area contributed by atoms with E-state index in [1.807, 2.05) is 91.0 Å². The molecule has 7 N–H and O–H groups in total. The van der Waals surface area contributed by atoms with E-state index in [0.29, 0.717) is 56.9 Å². The fourth-order valence-corrected chi connectivity index (χ4v) is 9.62. The molecule has 6 unspecified atom stereocenters. The third-order valence-corrected chi connectivity index (χ3v) is 13.1. The Morgan fingerprint density at radius 3 is 1.79 bits per heavy atom. The van der Waals surface area contributed by atoms with Crippen molar-refractivity contribution in [3.05, 3.63) is 155 Å². The summed E-state index contributed by atoms with van der Waals surface area (Å²) in [5.41, 5.74) is 5.39. The molecule has 2 fully saturated rings. The van der Waals surface area contributed by atoms with Gasteiger partial charge in [-0.05, 0) is 41.8 Å². The number of amides is 4. The van der Waals surface area contributed by atoms with Gasteiger partial charge in [0.25, 0.3) is 0 Å². The molecule has 2 saturated heterocycles. The Hall–Kier alpha value is -8.24. The van der Waals surface area contributed by atoms with Gasteiger partial charge in [0.2, 0.25) is 23.6 Å². The van der Waals surface area contributed by atoms with Gasteiger partial charge in [-0.3, -0.25) is 24.0 Å². The second-order valence-electron chi connectivity index (χ2n) is 17.6. The molecule has 16 heteroatoms. The number of piperazine rings is 2. The number of aromatic hydroxyl groups is 1. The molecule has 6 atom stereocenters. The van der Waals surface area contributed by atoms with E-state index in [4.69, 9.17) is 14.2 Å². The van der Waals surface area contributed by atoms with Gasteiger partial charge >= 0.3 is 5.97 Å². The average molecular weight is 945 g/mol. The number of nitrogens with one attached hydrogen (secondary N) is 6. The molecule has 0 radical (unpaired) electrons. The summed E-state index contributed by atoms with van der Waals surface area (Å²) in [6.45, 7) is 1.40. The molecule has 2 aliphatic heterocycles. The Bertz CT molecular complexity index is 3130. The first-order valence-electron chi connectivity index (χ1n) is 23.0. The number of para-hydroxylation sites is 2. The van der Waals surface area contributed by atoms with Crippen LogP contribution in [0.1, 0.15) is 57.6 Å². The number of H-pyrrole nitrogens is 2. The van der Waals surface area contributed by atoms with E-state index >= 15 is 0 Å². The summed E-state index contributed by atoms with van der Waals surface area (Å²) in [6, 6.07) is 31.1. The van der Waals surface area contributed by atoms with E-state index in [0.717, 1.165) is 11.1 Å². The third-order valence-electron chi connectivity index (χ3n) is 13.1. The van der Waals surface area contributed by atoms with Crippen molar-refractivity contribution in [2.75, 3.05) is 14.2 Å². The van der Waals surface area contributed by atoms with Crippen LogP contribution in [0, 0.1) is 0 Å². The SMILES string of the molecule is COC(=O)C(CC(Oc1[nH]c2ccccc2c1CC1NC(=O)C(Cc2ccccc2)NC1=O)c1c(O)ccc(C(C)=O)c1-c1cccc2c(CC3NC(=O)C(Cc4ccccc4)NC3=O)c[nH]c12)OC. The Morgan fingerprint density at radius 1 is 0.643 bits per heavy atom. The molecule has 0 aliphatic carbocycles. The van der Waals surface area contributed by atoms with Gasteiger partial charge in [0.1, 0.15) is 36.0 Å². The predicted octanol–water partition coefficient (Wildman–Crippen LogP) is 5.46. The predicted molar refractivity (Wildman–Crippen MR) is 260 cm³/mol. The zero-order valence-electron chi connectivity index (χ0n) is 38.7. The standard InChI is InChI=1S/C54H52N6O10/c1-29(61)33-21-22-43(62)47(46(33)36-19-12-18-34-32(28-55-48(34)36)25-41-51(65)56-39(49(63)58-41)23-30-13-6-4-7-14-30)44(27-45(68-2)54(67)69-3)70-53-37(35-17-10-11-20-38(35)60-53)26-42-52(66)57-40(50(64)59-42)24-31-15-8-5-9-16-31/h4-22,28,39-42,44-45,55,60,62H,23-27H2,1-3H3,(H,56,65)(H,57,66)(H,58,63)(H,59,64). The Morgan fingerprint density at radius 2 is 1.20 bits per heavy atom. The Balaban J connectivity index is 1.08. The van der Waals surface area contributed by atoms with Crippen molar-refractivity contribution >= 4 is 57.2 Å². The van der Waals surface area contributed by atoms with E-state index in [2.05, 4.69) is 31.2 Å². The number of phenols is 1. The van der Waals surface area contributed by atoms with Crippen LogP contribution in [0.5, 0.6) is 11.6 Å². The topological polar surface area (TPSA) is 230 Å². The highest BCUT2D eigenvalue weighted by atomic mass is 16.6. The van der Waals surface area contributed by atoms with Crippen molar-refractivity contribution in [1.82, 2.24) is 31.2 Å². The molecular formula is C54H52N6O10. The molecule has 358 valence electrons. The molecule has 2 aromatic heterocycles. The van der Waals surface area contributed by atoms with Crippen LogP contribution >= 0.6 is 0 Å². The highest BCUT2D eigenvalue weighted by molar-refractivity contribution is 6.07. The normalized spacial score (nSPS) is 18.9. The maximum absolute atomic E-state index is 13.8. The molecule has 0 spiro atoms. The molecule has 16 nitrogen and oxygen atoms in total. The minimum Gasteiger partial charge on any atom is -0.508 e. The van der Waals surface area contributed by atoms with Gasteiger partial charge in [-0.2, -0.15) is 0 Å². The maximum atomic E-state index is 13.8. The number of rotatable bonds is 17. The number of benzene rings is 5. The second-order valence-corrected chi connectivity index (χ2v) is 17.6. The van der Waals surface area contributed by atoms with Gasteiger partial charge in [0.15, 0.2) is 17.8 Å². The fourth-order valence-electron chi connectivity index (χ4n) is 9.62. The molecule has 70 heavy (non-hydrogen) atoms. The average Bonchev–Trinajstić information content (AvgIpc) is 3.93. The van der Waals surface area contributed by atoms with Crippen LogP contribution in [0.2, 0.25) is 0 Å². The lowest BCUT2D eigenvalue weighted by atomic mass is 9.86. The van der Waals surface area contributed by atoms with Crippen molar-refractivity contribution in [3.63, 3.8) is 0 Å². The van der Waals surface area contributed by atoms with Gasteiger partial charge in [-0.15, -0.1) is 0 Å². The van der Waals surface area contributed by atoms with Gasteiger partial charge < -0.3 is 50.6 Å². The number of carbonyl (C=O) groups excluding carboxylic acids is 6. The minimum atomic E-state index is -1.25. The van der Waals surface area contributed by atoms with Gasteiger partial charge in [-0.25, -0.2) is 4.79 Å². The van der Waals surface area contributed by atoms with Crippen LogP contribution in [0.4, 0.5) is 0 Å². The van der Waals surface area contributed by atoms with Crippen LogP contribution in [-0.4, -0.2) is 94.9 Å². The smallest absolute Gasteiger partial charge is 0.335 e. The number of methoxy groups -OCH3 is 2. The maximum Gasteiger partial charge on any atom is 0.335 e. The first-order valence-corrected chi connectivity index (χ1v) is 23.0. The Kier molecular flexibility index (Phi) is 13.5. The van der Waals surface area contributed by atoms with Crippen LogP contribution in [0.15, 0.2) is 121 Å². The van der Waals surface area contributed by atoms with E-state index in [-0.39, 0.29) is 71.4 Å². The van der Waals surface area contributed by atoms with Crippen LogP contribution in [0.3, 0.4) is 0 Å². The zero-order chi connectivity index (χ0) is 49.1. The summed E-state index contributed by atoms with van der Waals surface area (Å²) in [5.74, 6) is -2.49. The summed E-state index contributed by atoms with van der Waals surface area (Å²) in [7, 11) is 2.57. The molecule has 0 bridgehead atoms. The van der Waals surface area contributed by atoms with Crippen LogP contribution < -0.4 is 26.0 Å². The van der Waals surface area contributed by atoms with Crippen LogP contribution in [-0.2, 0) is 59.1 Å². The quantitative estimate of drug-likeness (QED) is 0.0451. The summed E-state index contributed by atoms with van der Waals surface area (Å²) < 4.78 is 17.7. The largest absolute Gasteiger partial charge is 0.508 e. The number of esters is 1. The monoisotopic (exact) mass is 944 g/mol. The minimum absolute atomic E-state index is 0.00353. The lowest BCUT2D eigenvalue weighted by molar-refractivity contribution is -0.154. The van der Waals surface area contributed by atoms with E-state index < -0.39 is 42.3 Å². The summed E-state index contributed by atoms with van der Waals surface area (Å²) in [4.78, 5) is 87.7. The molecule has 4 heterocycles. The molecule has 7 aromatic rings. The second kappa shape index (κ2) is 20.2. The van der Waals surface area contributed by atoms with E-state index in [1.165, 1.54) is 33.3 Å². The first kappa shape index (κ1) is 46.9. The first-order chi connectivity index (χ1) is 33.9. The van der Waals surface area contributed by atoms with Crippen molar-refractivity contribution in [1.29, 1.82) is 0 Å². The van der Waals surface area contributed by atoms with E-state index in [1.54, 1.807) is 18.3 Å². The Labute approximate surface area is 402 Å². The van der Waals surface area contributed by atoms with Crippen molar-refractivity contribution in [2.45, 2.75) is 75.4 Å². The summed E-state index contributed by atoms with van der Waals surface area (Å²) in [6.07, 6.45) is -0.164. The number of Topliss-reactive ketones (excluding diaryl/α,β-unsaturated/α-hetero) is 1. The molecule has 9 rings (SSSR count). The lowest BCUT2D eigenvalue weighted by Crippen LogP contribution is -2.62. The number of phenolic OH excluding ortho intramolecular Hbond substituents is 1. The van der Waals surface area contributed by atoms with Gasteiger partial charge in [0, 0.05) is 89.5 Å².